The van der Waals surface area contributed by atoms with Crippen LogP contribution in [0.3, 0.4) is 0 Å². The van der Waals surface area contributed by atoms with Crippen LogP contribution in [0.2, 0.25) is 0 Å². The van der Waals surface area contributed by atoms with Crippen LogP contribution < -0.4 is 10.6 Å². The van der Waals surface area contributed by atoms with Crippen LogP contribution in [0.15, 0.2) is 24.3 Å². The number of ether oxygens (including phenoxy) is 1. The number of hydrogen-bond donors (Lipinski definition) is 2. The maximum absolute atomic E-state index is 12.8. The standard InChI is InChI=1S/C16H21FN2O4S/c1-3-8-18-14(20)9-23-16(22)11(2)24-10-15(21)19-13-6-4-12(17)5-7-13/h4-7,11H,3,8-10H2,1-2H3,(H,18,20)(H,19,21)/t11-/m1/s1. The summed E-state index contributed by atoms with van der Waals surface area (Å²) in [7, 11) is 0. The number of carbonyl (C=O) groups excluding carboxylic acids is 3. The Morgan fingerprint density at radius 1 is 1.21 bits per heavy atom. The number of hydrogen-bond acceptors (Lipinski definition) is 5. The Labute approximate surface area is 144 Å². The molecule has 0 saturated heterocycles. The minimum atomic E-state index is -0.581. The van der Waals surface area contributed by atoms with Gasteiger partial charge in [0.05, 0.1) is 5.75 Å². The molecule has 0 aliphatic rings. The van der Waals surface area contributed by atoms with Crippen molar-refractivity contribution in [3.8, 4) is 0 Å². The maximum Gasteiger partial charge on any atom is 0.319 e. The molecular formula is C16H21FN2O4S. The van der Waals surface area contributed by atoms with Crippen molar-refractivity contribution in [2.75, 3.05) is 24.2 Å². The normalized spacial score (nSPS) is 11.5. The molecule has 0 heterocycles. The van der Waals surface area contributed by atoms with Crippen LogP contribution in [-0.4, -0.2) is 41.9 Å². The van der Waals surface area contributed by atoms with Gasteiger partial charge in [0.25, 0.3) is 5.91 Å². The number of halogens is 1. The fraction of sp³-hybridized carbons (Fsp3) is 0.438. The van der Waals surface area contributed by atoms with E-state index in [1.165, 1.54) is 24.3 Å². The van der Waals surface area contributed by atoms with E-state index in [-0.39, 0.29) is 30.0 Å². The zero-order chi connectivity index (χ0) is 17.9. The van der Waals surface area contributed by atoms with Gasteiger partial charge in [0.1, 0.15) is 11.1 Å². The second kappa shape index (κ2) is 10.6. The zero-order valence-corrected chi connectivity index (χ0v) is 14.5. The minimum absolute atomic E-state index is 0.0374. The highest BCUT2D eigenvalue weighted by molar-refractivity contribution is 8.01. The Balaban J connectivity index is 2.27. The molecule has 0 aromatic heterocycles. The molecule has 0 fully saturated rings. The number of amides is 2. The molecule has 0 aliphatic heterocycles. The van der Waals surface area contributed by atoms with Gasteiger partial charge in [-0.3, -0.25) is 14.4 Å². The molecule has 2 N–H and O–H groups in total. The molecule has 0 bridgehead atoms. The second-order valence-corrected chi connectivity index (χ2v) is 6.30. The number of rotatable bonds is 9. The molecular weight excluding hydrogens is 335 g/mol. The van der Waals surface area contributed by atoms with Gasteiger partial charge in [-0.25, -0.2) is 4.39 Å². The maximum atomic E-state index is 12.8. The van der Waals surface area contributed by atoms with Crippen molar-refractivity contribution in [3.05, 3.63) is 30.1 Å². The molecule has 0 aliphatic carbocycles. The van der Waals surface area contributed by atoms with Crippen molar-refractivity contribution in [2.45, 2.75) is 25.5 Å². The largest absolute Gasteiger partial charge is 0.455 e. The lowest BCUT2D eigenvalue weighted by Crippen LogP contribution is -2.31. The number of esters is 1. The summed E-state index contributed by atoms with van der Waals surface area (Å²) in [5.74, 6) is -1.57. The van der Waals surface area contributed by atoms with E-state index in [0.29, 0.717) is 12.2 Å². The summed E-state index contributed by atoms with van der Waals surface area (Å²) in [5, 5.41) is 4.61. The smallest absolute Gasteiger partial charge is 0.319 e. The Kier molecular flexibility index (Phi) is 8.85. The van der Waals surface area contributed by atoms with Gasteiger partial charge in [-0.05, 0) is 37.6 Å². The predicted octanol–water partition coefficient (Wildman–Crippen LogP) is 1.96. The number of carbonyl (C=O) groups is 3. The van der Waals surface area contributed by atoms with Crippen molar-refractivity contribution < 1.29 is 23.5 Å². The topological polar surface area (TPSA) is 84.5 Å². The van der Waals surface area contributed by atoms with Crippen molar-refractivity contribution in [2.24, 2.45) is 0 Å². The van der Waals surface area contributed by atoms with Gasteiger partial charge in [-0.2, -0.15) is 0 Å². The molecule has 6 nitrogen and oxygen atoms in total. The highest BCUT2D eigenvalue weighted by Crippen LogP contribution is 2.14. The zero-order valence-electron chi connectivity index (χ0n) is 13.6. The number of benzene rings is 1. The monoisotopic (exact) mass is 356 g/mol. The molecule has 24 heavy (non-hydrogen) atoms. The van der Waals surface area contributed by atoms with E-state index in [9.17, 15) is 18.8 Å². The first-order chi connectivity index (χ1) is 11.4. The van der Waals surface area contributed by atoms with E-state index in [4.69, 9.17) is 4.74 Å². The summed E-state index contributed by atoms with van der Waals surface area (Å²) in [4.78, 5) is 34.8. The van der Waals surface area contributed by atoms with Crippen LogP contribution in [-0.2, 0) is 19.1 Å². The third-order valence-electron chi connectivity index (χ3n) is 2.84. The van der Waals surface area contributed by atoms with E-state index in [1.54, 1.807) is 6.92 Å². The first kappa shape index (κ1) is 20.0. The van der Waals surface area contributed by atoms with Crippen LogP contribution in [0, 0.1) is 5.82 Å². The molecule has 0 radical (unpaired) electrons. The van der Waals surface area contributed by atoms with Gasteiger partial charge >= 0.3 is 5.97 Å². The van der Waals surface area contributed by atoms with Crippen LogP contribution in [0.1, 0.15) is 20.3 Å². The lowest BCUT2D eigenvalue weighted by atomic mass is 10.3. The SMILES string of the molecule is CCCNC(=O)COC(=O)[C@@H](C)SCC(=O)Nc1ccc(F)cc1. The second-order valence-electron chi connectivity index (χ2n) is 4.97. The van der Waals surface area contributed by atoms with Crippen molar-refractivity contribution >= 4 is 35.2 Å². The highest BCUT2D eigenvalue weighted by Gasteiger charge is 2.18. The Morgan fingerprint density at radius 3 is 2.50 bits per heavy atom. The van der Waals surface area contributed by atoms with Crippen molar-refractivity contribution in [1.82, 2.24) is 5.32 Å². The number of anilines is 1. The Hall–Kier alpha value is -2.09. The van der Waals surface area contributed by atoms with Gasteiger partial charge < -0.3 is 15.4 Å². The molecule has 1 rings (SSSR count). The first-order valence-electron chi connectivity index (χ1n) is 7.52. The van der Waals surface area contributed by atoms with E-state index < -0.39 is 11.2 Å². The molecule has 0 saturated carbocycles. The van der Waals surface area contributed by atoms with Crippen molar-refractivity contribution in [1.29, 1.82) is 0 Å². The van der Waals surface area contributed by atoms with Gasteiger partial charge in [0.2, 0.25) is 5.91 Å². The Bertz CT molecular complexity index is 566. The summed E-state index contributed by atoms with van der Waals surface area (Å²) in [6, 6.07) is 5.38. The third-order valence-corrected chi connectivity index (χ3v) is 3.96. The number of thioether (sulfide) groups is 1. The summed E-state index contributed by atoms with van der Waals surface area (Å²) >= 11 is 1.09. The quantitative estimate of drug-likeness (QED) is 0.661. The van der Waals surface area contributed by atoms with Crippen molar-refractivity contribution in [3.63, 3.8) is 0 Å². The molecule has 0 unspecified atom stereocenters. The van der Waals surface area contributed by atoms with Crippen LogP contribution in [0.4, 0.5) is 10.1 Å². The minimum Gasteiger partial charge on any atom is -0.455 e. The summed E-state index contributed by atoms with van der Waals surface area (Å²) in [6.07, 6.45) is 0.801. The average Bonchev–Trinajstić information content (AvgIpc) is 2.57. The lowest BCUT2D eigenvalue weighted by molar-refractivity contribution is -0.147. The van der Waals surface area contributed by atoms with Gasteiger partial charge in [-0.15, -0.1) is 11.8 Å². The lowest BCUT2D eigenvalue weighted by Gasteiger charge is -2.11. The molecule has 1 aromatic carbocycles. The van der Waals surface area contributed by atoms with E-state index >= 15 is 0 Å². The summed E-state index contributed by atoms with van der Waals surface area (Å²) in [6.45, 7) is 3.72. The van der Waals surface area contributed by atoms with E-state index in [2.05, 4.69) is 10.6 Å². The van der Waals surface area contributed by atoms with E-state index in [0.717, 1.165) is 18.2 Å². The molecule has 2 amide bonds. The van der Waals surface area contributed by atoms with Gasteiger partial charge in [0, 0.05) is 12.2 Å². The fourth-order valence-electron chi connectivity index (χ4n) is 1.57. The molecule has 132 valence electrons. The predicted molar refractivity (Wildman–Crippen MR) is 91.2 cm³/mol. The number of nitrogens with one attached hydrogen (secondary N) is 2. The highest BCUT2D eigenvalue weighted by atomic mass is 32.2. The van der Waals surface area contributed by atoms with Gasteiger partial charge in [-0.1, -0.05) is 6.92 Å². The summed E-state index contributed by atoms with van der Waals surface area (Å²) in [5.41, 5.74) is 0.477. The van der Waals surface area contributed by atoms with Crippen LogP contribution in [0.25, 0.3) is 0 Å². The fourth-order valence-corrected chi connectivity index (χ4v) is 2.25. The third kappa shape index (κ3) is 7.96. The summed E-state index contributed by atoms with van der Waals surface area (Å²) < 4.78 is 17.6. The van der Waals surface area contributed by atoms with Gasteiger partial charge in [0.15, 0.2) is 6.61 Å². The van der Waals surface area contributed by atoms with Crippen LogP contribution in [0.5, 0.6) is 0 Å². The van der Waals surface area contributed by atoms with Crippen LogP contribution >= 0.6 is 11.8 Å². The molecule has 8 heteroatoms. The molecule has 0 spiro atoms. The average molecular weight is 356 g/mol. The Morgan fingerprint density at radius 2 is 1.88 bits per heavy atom. The first-order valence-corrected chi connectivity index (χ1v) is 8.57. The molecule has 1 atom stereocenters. The van der Waals surface area contributed by atoms with E-state index in [1.807, 2.05) is 6.92 Å². The molecule has 1 aromatic rings.